The van der Waals surface area contributed by atoms with Gasteiger partial charge in [-0.25, -0.2) is 4.79 Å². The molecule has 5 aliphatic rings. The Kier molecular flexibility index (Phi) is 7.52. The van der Waals surface area contributed by atoms with E-state index in [1.165, 1.54) is 11.1 Å². The smallest absolute Gasteiger partial charge is 0.410 e. The van der Waals surface area contributed by atoms with Crippen molar-refractivity contribution < 1.29 is 18.7 Å². The van der Waals surface area contributed by atoms with Crippen LogP contribution in [-0.2, 0) is 21.0 Å². The molecule has 2 aliphatic heterocycles. The Morgan fingerprint density at radius 2 is 1.93 bits per heavy atom. The molecule has 3 aliphatic carbocycles. The first-order valence-electron chi connectivity index (χ1n) is 15.2. The number of ether oxygens (including phenoxy) is 2. The van der Waals surface area contributed by atoms with E-state index in [2.05, 4.69) is 57.0 Å². The van der Waals surface area contributed by atoms with Crippen LogP contribution >= 0.6 is 34.8 Å². The predicted molar refractivity (Wildman–Crippen MR) is 167 cm³/mol. The molecule has 41 heavy (non-hydrogen) atoms. The van der Waals surface area contributed by atoms with Crippen LogP contribution in [0.25, 0.3) is 0 Å². The quantitative estimate of drug-likeness (QED) is 0.243. The van der Waals surface area contributed by atoms with Gasteiger partial charge in [0.05, 0.1) is 7.11 Å². The monoisotopic (exact) mass is 642 g/mol. The lowest BCUT2D eigenvalue weighted by atomic mass is 9.43. The fourth-order valence-corrected chi connectivity index (χ4v) is 10.7. The number of alkyl halides is 3. The first-order chi connectivity index (χ1) is 19.1. The summed E-state index contributed by atoms with van der Waals surface area (Å²) in [6.07, 6.45) is 5.07. The zero-order valence-corrected chi connectivity index (χ0v) is 28.5. The molecule has 2 heterocycles. The fraction of sp³-hybridized carbons (Fsp3) is 0.774. The Hall–Kier alpha value is -0.703. The number of methoxy groups -OCH3 is 1. The molecule has 6 atom stereocenters. The van der Waals surface area contributed by atoms with E-state index in [9.17, 15) is 4.79 Å². The molecular formula is C31H45Cl3N2O4Si. The Morgan fingerprint density at radius 1 is 1.17 bits per heavy atom. The van der Waals surface area contributed by atoms with Crippen molar-refractivity contribution in [2.24, 2.45) is 17.3 Å². The van der Waals surface area contributed by atoms with Crippen LogP contribution in [0.3, 0.4) is 0 Å². The van der Waals surface area contributed by atoms with Crippen LogP contribution in [0.4, 0.5) is 4.79 Å². The summed E-state index contributed by atoms with van der Waals surface area (Å²) in [6, 6.07) is 7.37. The van der Waals surface area contributed by atoms with E-state index in [0.29, 0.717) is 17.9 Å². The summed E-state index contributed by atoms with van der Waals surface area (Å²) in [5, 5.41) is 0.207. The number of halogens is 3. The minimum absolute atomic E-state index is 0.0222. The molecule has 1 aromatic carbocycles. The van der Waals surface area contributed by atoms with Gasteiger partial charge in [0.1, 0.15) is 12.4 Å². The van der Waals surface area contributed by atoms with E-state index < -0.39 is 12.1 Å². The zero-order valence-electron chi connectivity index (χ0n) is 25.3. The molecule has 1 aromatic rings. The van der Waals surface area contributed by atoms with Gasteiger partial charge in [0.2, 0.25) is 3.79 Å². The van der Waals surface area contributed by atoms with Crippen molar-refractivity contribution in [1.82, 2.24) is 9.80 Å². The van der Waals surface area contributed by atoms with Gasteiger partial charge in [0.25, 0.3) is 0 Å². The number of hydrogen-bond donors (Lipinski definition) is 0. The normalized spacial score (nSPS) is 34.3. The molecule has 6 nitrogen and oxygen atoms in total. The molecule has 5 unspecified atom stereocenters. The lowest BCUT2D eigenvalue weighted by molar-refractivity contribution is -0.104. The number of carbonyl (C=O) groups excluding carboxylic acids is 1. The molecule has 1 amide bonds. The maximum Gasteiger partial charge on any atom is 0.410 e. The van der Waals surface area contributed by atoms with Crippen molar-refractivity contribution in [3.05, 3.63) is 29.3 Å². The Bertz CT molecular complexity index is 1200. The fourth-order valence-electron chi connectivity index (χ4n) is 9.55. The molecule has 228 valence electrons. The van der Waals surface area contributed by atoms with Crippen LogP contribution in [0, 0.1) is 17.3 Å². The summed E-state index contributed by atoms with van der Waals surface area (Å²) in [7, 11) is -0.0497. The number of amides is 1. The lowest BCUT2D eigenvalue weighted by Gasteiger charge is -2.66. The van der Waals surface area contributed by atoms with Crippen molar-refractivity contribution in [1.29, 1.82) is 0 Å². The zero-order chi connectivity index (χ0) is 29.6. The third kappa shape index (κ3) is 4.66. The third-order valence-corrected chi connectivity index (χ3v) is 16.9. The molecule has 0 radical (unpaired) electrons. The molecule has 2 saturated heterocycles. The Labute approximate surface area is 261 Å². The van der Waals surface area contributed by atoms with Gasteiger partial charge in [-0.3, -0.25) is 4.90 Å². The predicted octanol–water partition coefficient (Wildman–Crippen LogP) is 7.19. The maximum atomic E-state index is 13.3. The second-order valence-electron chi connectivity index (χ2n) is 14.7. The van der Waals surface area contributed by atoms with Crippen molar-refractivity contribution in [3.63, 3.8) is 0 Å². The number of hydrogen-bond acceptors (Lipinski definition) is 5. The summed E-state index contributed by atoms with van der Waals surface area (Å²) in [5.41, 5.74) is 3.13. The van der Waals surface area contributed by atoms with Gasteiger partial charge in [0.15, 0.2) is 8.32 Å². The van der Waals surface area contributed by atoms with Crippen LogP contribution in [0.5, 0.6) is 5.75 Å². The third-order valence-electron chi connectivity index (χ3n) is 12.0. The van der Waals surface area contributed by atoms with Gasteiger partial charge in [-0.05, 0) is 97.3 Å². The van der Waals surface area contributed by atoms with Crippen LogP contribution < -0.4 is 4.74 Å². The molecule has 4 bridgehead atoms. The van der Waals surface area contributed by atoms with Gasteiger partial charge >= 0.3 is 6.09 Å². The first kappa shape index (κ1) is 30.3. The highest BCUT2D eigenvalue weighted by Gasteiger charge is 2.76. The van der Waals surface area contributed by atoms with Gasteiger partial charge in [-0.1, -0.05) is 61.6 Å². The maximum absolute atomic E-state index is 13.3. The topological polar surface area (TPSA) is 51.2 Å². The summed E-state index contributed by atoms with van der Waals surface area (Å²) in [4.78, 5) is 18.0. The van der Waals surface area contributed by atoms with Gasteiger partial charge < -0.3 is 18.8 Å². The molecule has 0 aromatic heterocycles. The van der Waals surface area contributed by atoms with E-state index >= 15 is 0 Å². The number of carbonyl (C=O) groups is 1. The van der Waals surface area contributed by atoms with Crippen LogP contribution in [-0.4, -0.2) is 80.0 Å². The van der Waals surface area contributed by atoms with Gasteiger partial charge in [-0.2, -0.15) is 0 Å². The van der Waals surface area contributed by atoms with E-state index in [0.717, 1.165) is 64.1 Å². The number of nitrogens with zero attached hydrogens (tertiary/aromatic N) is 2. The average Bonchev–Trinajstić information content (AvgIpc) is 3.33. The Morgan fingerprint density at radius 3 is 2.61 bits per heavy atom. The van der Waals surface area contributed by atoms with Crippen LogP contribution in [0.1, 0.15) is 57.6 Å². The number of benzene rings is 1. The highest BCUT2D eigenvalue weighted by atomic mass is 35.6. The summed E-state index contributed by atoms with van der Waals surface area (Å²) in [5.74, 6) is 1.76. The molecular weight excluding hydrogens is 599 g/mol. The standard InChI is InChI=1S/C31H45Cl3N2O4Si/c1-28(2,3)41(5,6)40-14-13-35-12-11-30-23-16-22(38-4)8-7-20(23)15-25(35)29(30)10-9-24-26(30)21(17-29)18-36(24)27(37)39-19-31(32,33)34/h7-8,16,21,24-26H,9-15,17-19H2,1-6H3/t21-,24?,25?,26?,29?,30?/m1/s1. The highest BCUT2D eigenvalue weighted by Crippen LogP contribution is 2.75. The molecule has 0 N–H and O–H groups in total. The minimum Gasteiger partial charge on any atom is -0.497 e. The molecule has 10 heteroatoms. The first-order valence-corrected chi connectivity index (χ1v) is 19.2. The molecule has 4 fully saturated rings. The van der Waals surface area contributed by atoms with Crippen LogP contribution in [0.2, 0.25) is 18.1 Å². The number of fused-ring (bicyclic) bond motifs is 1. The van der Waals surface area contributed by atoms with E-state index in [4.69, 9.17) is 48.7 Å². The number of piperidine rings is 1. The van der Waals surface area contributed by atoms with Crippen LogP contribution in [0.15, 0.2) is 18.2 Å². The largest absolute Gasteiger partial charge is 0.497 e. The van der Waals surface area contributed by atoms with Gasteiger partial charge in [0, 0.05) is 37.2 Å². The highest BCUT2D eigenvalue weighted by molar-refractivity contribution is 6.74. The van der Waals surface area contributed by atoms with Crippen molar-refractivity contribution in [3.8, 4) is 5.75 Å². The minimum atomic E-state index is -1.81. The summed E-state index contributed by atoms with van der Waals surface area (Å²) < 4.78 is 16.3. The van der Waals surface area contributed by atoms with E-state index in [1.807, 2.05) is 4.90 Å². The Balaban J connectivity index is 1.32. The van der Waals surface area contributed by atoms with E-state index in [-0.39, 0.29) is 34.6 Å². The van der Waals surface area contributed by atoms with Gasteiger partial charge in [-0.15, -0.1) is 0 Å². The average molecular weight is 644 g/mol. The molecule has 2 saturated carbocycles. The second-order valence-corrected chi connectivity index (χ2v) is 22.0. The number of rotatable bonds is 6. The lowest BCUT2D eigenvalue weighted by Crippen LogP contribution is -2.70. The van der Waals surface area contributed by atoms with Crippen molar-refractivity contribution >= 4 is 49.2 Å². The number of likely N-dealkylation sites (tertiary alicyclic amines) is 2. The second kappa shape index (κ2) is 10.2. The summed E-state index contributed by atoms with van der Waals surface area (Å²) in [6.45, 7) is 14.9. The molecule has 0 spiro atoms. The van der Waals surface area contributed by atoms with Crippen molar-refractivity contribution in [2.75, 3.05) is 40.0 Å². The van der Waals surface area contributed by atoms with E-state index in [1.54, 1.807) is 7.11 Å². The molecule has 6 rings (SSSR count). The SMILES string of the molecule is COc1ccc2c(c1)C13CCN(CCO[Si](C)(C)C(C)(C)C)C(C2)C12CCC1C3[C@@H](CN1C(=O)OCC(Cl)(Cl)Cl)C2. The summed E-state index contributed by atoms with van der Waals surface area (Å²) >= 11 is 17.7. The van der Waals surface area contributed by atoms with Crippen molar-refractivity contribution in [2.45, 2.75) is 92.3 Å².